The summed E-state index contributed by atoms with van der Waals surface area (Å²) in [5.74, 6) is 0.714. The van der Waals surface area contributed by atoms with Crippen molar-refractivity contribution in [3.8, 4) is 0 Å². The summed E-state index contributed by atoms with van der Waals surface area (Å²) in [5, 5.41) is 0.614. The van der Waals surface area contributed by atoms with Gasteiger partial charge in [0.15, 0.2) is 5.84 Å². The van der Waals surface area contributed by atoms with Crippen LogP contribution in [0.4, 0.5) is 0 Å². The number of hydrogen-bond acceptors (Lipinski definition) is 2. The molecule has 0 radical (unpaired) electrons. The maximum absolute atomic E-state index is 6.18. The van der Waals surface area contributed by atoms with Crippen LogP contribution in [0.2, 0.25) is 0 Å². The van der Waals surface area contributed by atoms with Crippen LogP contribution in [0.5, 0.6) is 0 Å². The lowest BCUT2D eigenvalue weighted by atomic mass is 10.0. The number of rotatable bonds is 2. The van der Waals surface area contributed by atoms with Crippen LogP contribution in [0.15, 0.2) is 70.6 Å². The number of benzene rings is 2. The summed E-state index contributed by atoms with van der Waals surface area (Å²) in [6.07, 6.45) is 0.669. The molecule has 1 unspecified atom stereocenters. The summed E-state index contributed by atoms with van der Waals surface area (Å²) in [6, 6.07) is 20.2. The van der Waals surface area contributed by atoms with E-state index in [9.17, 15) is 0 Å². The van der Waals surface area contributed by atoms with Crippen LogP contribution in [-0.4, -0.2) is 11.0 Å². The molecule has 3 rings (SSSR count). The Kier molecular flexibility index (Phi) is 3.43. The molecule has 0 N–H and O–H groups in total. The van der Waals surface area contributed by atoms with Gasteiger partial charge < -0.3 is 0 Å². The highest BCUT2D eigenvalue weighted by atomic mass is 35.5. The first-order valence-electron chi connectivity index (χ1n) is 6.24. The molecule has 2 nitrogen and oxygen atoms in total. The molecule has 0 amide bonds. The van der Waals surface area contributed by atoms with Gasteiger partial charge in [-0.05, 0) is 5.56 Å². The third kappa shape index (κ3) is 2.74. The van der Waals surface area contributed by atoms with E-state index in [4.69, 9.17) is 16.6 Å². The number of halogens is 1. The van der Waals surface area contributed by atoms with E-state index in [0.717, 1.165) is 5.56 Å². The van der Waals surface area contributed by atoms with E-state index in [2.05, 4.69) is 17.1 Å². The molecule has 2 aromatic carbocycles. The lowest BCUT2D eigenvalue weighted by Gasteiger charge is -2.18. The second-order valence-electron chi connectivity index (χ2n) is 4.44. The van der Waals surface area contributed by atoms with E-state index in [1.54, 1.807) is 0 Å². The van der Waals surface area contributed by atoms with Crippen LogP contribution < -0.4 is 0 Å². The van der Waals surface area contributed by atoms with Gasteiger partial charge in [-0.1, -0.05) is 72.3 Å². The van der Waals surface area contributed by atoms with E-state index in [0.29, 0.717) is 17.4 Å². The Morgan fingerprint density at radius 3 is 2.21 bits per heavy atom. The van der Waals surface area contributed by atoms with E-state index < -0.39 is 0 Å². The summed E-state index contributed by atoms with van der Waals surface area (Å²) >= 11 is 6.18. The van der Waals surface area contributed by atoms with Crippen molar-refractivity contribution in [2.75, 3.05) is 0 Å². The molecule has 0 aliphatic carbocycles. The topological polar surface area (TPSA) is 24.7 Å². The van der Waals surface area contributed by atoms with Gasteiger partial charge in [-0.3, -0.25) is 4.99 Å². The summed E-state index contributed by atoms with van der Waals surface area (Å²) < 4.78 is 0. The van der Waals surface area contributed by atoms with E-state index >= 15 is 0 Å². The highest BCUT2D eigenvalue weighted by Gasteiger charge is 2.19. The second kappa shape index (κ2) is 5.37. The van der Waals surface area contributed by atoms with E-state index in [1.165, 1.54) is 5.56 Å². The molecule has 94 valence electrons. The Morgan fingerprint density at radius 1 is 0.895 bits per heavy atom. The minimum Gasteiger partial charge on any atom is -0.258 e. The average Bonchev–Trinajstić information content (AvgIpc) is 2.48. The predicted octanol–water partition coefficient (Wildman–Crippen LogP) is 4.22. The lowest BCUT2D eigenvalue weighted by Crippen LogP contribution is -2.12. The average molecular weight is 269 g/mol. The minimum absolute atomic E-state index is 0.0569. The van der Waals surface area contributed by atoms with Crippen molar-refractivity contribution in [2.45, 2.75) is 12.5 Å². The Bertz CT molecular complexity index is 618. The van der Waals surface area contributed by atoms with Crippen molar-refractivity contribution in [1.82, 2.24) is 0 Å². The van der Waals surface area contributed by atoms with Crippen LogP contribution in [0.3, 0.4) is 0 Å². The first kappa shape index (κ1) is 12.1. The minimum atomic E-state index is 0.0569. The summed E-state index contributed by atoms with van der Waals surface area (Å²) in [7, 11) is 0. The predicted molar refractivity (Wildman–Crippen MR) is 80.1 cm³/mol. The summed E-state index contributed by atoms with van der Waals surface area (Å²) in [4.78, 5) is 9.08. The quantitative estimate of drug-likeness (QED) is 0.779. The zero-order valence-electron chi connectivity index (χ0n) is 10.3. The van der Waals surface area contributed by atoms with Crippen molar-refractivity contribution < 1.29 is 0 Å². The molecular weight excluding hydrogens is 256 g/mol. The second-order valence-corrected chi connectivity index (χ2v) is 4.87. The molecule has 1 aliphatic heterocycles. The molecule has 1 heterocycles. The molecule has 0 spiro atoms. The monoisotopic (exact) mass is 268 g/mol. The largest absolute Gasteiger partial charge is 0.258 e. The highest BCUT2D eigenvalue weighted by Crippen LogP contribution is 2.27. The molecule has 0 fully saturated rings. The van der Waals surface area contributed by atoms with Crippen LogP contribution in [0, 0.1) is 0 Å². The van der Waals surface area contributed by atoms with Gasteiger partial charge in [0.1, 0.15) is 5.17 Å². The molecule has 2 aromatic rings. The van der Waals surface area contributed by atoms with Crippen molar-refractivity contribution in [1.29, 1.82) is 0 Å². The van der Waals surface area contributed by atoms with Gasteiger partial charge in [0.2, 0.25) is 0 Å². The number of aliphatic imine (C=N–C) groups is 2. The SMILES string of the molecule is ClC1=NC(c2ccccc2)=NC(c2ccccc2)C1. The van der Waals surface area contributed by atoms with Gasteiger partial charge in [0.25, 0.3) is 0 Å². The smallest absolute Gasteiger partial charge is 0.156 e. The molecule has 19 heavy (non-hydrogen) atoms. The number of nitrogens with zero attached hydrogens (tertiary/aromatic N) is 2. The fraction of sp³-hybridized carbons (Fsp3) is 0.125. The standard InChI is InChI=1S/C16H13ClN2/c17-15-11-14(12-7-3-1-4-8-12)18-16(19-15)13-9-5-2-6-10-13/h1-10,14H,11H2. The van der Waals surface area contributed by atoms with Crippen LogP contribution in [-0.2, 0) is 0 Å². The molecule has 0 saturated carbocycles. The third-order valence-electron chi connectivity index (χ3n) is 3.08. The summed E-state index contributed by atoms with van der Waals surface area (Å²) in [5.41, 5.74) is 2.17. The van der Waals surface area contributed by atoms with Gasteiger partial charge in [-0.25, -0.2) is 4.99 Å². The highest BCUT2D eigenvalue weighted by molar-refractivity contribution is 6.66. The van der Waals surface area contributed by atoms with Crippen molar-refractivity contribution in [3.63, 3.8) is 0 Å². The molecule has 0 saturated heterocycles. The number of hydrogen-bond donors (Lipinski definition) is 0. The van der Waals surface area contributed by atoms with Gasteiger partial charge in [0, 0.05) is 12.0 Å². The molecule has 0 bridgehead atoms. The fourth-order valence-electron chi connectivity index (χ4n) is 2.14. The van der Waals surface area contributed by atoms with Crippen LogP contribution >= 0.6 is 11.6 Å². The Hall–Kier alpha value is -1.93. The van der Waals surface area contributed by atoms with E-state index in [1.807, 2.05) is 48.5 Å². The van der Waals surface area contributed by atoms with Gasteiger partial charge in [-0.15, -0.1) is 0 Å². The molecule has 1 atom stereocenters. The van der Waals surface area contributed by atoms with Crippen molar-refractivity contribution in [2.24, 2.45) is 9.98 Å². The zero-order valence-corrected chi connectivity index (χ0v) is 11.1. The van der Waals surface area contributed by atoms with Gasteiger partial charge >= 0.3 is 0 Å². The molecular formula is C16H13ClN2. The normalized spacial score (nSPS) is 18.7. The fourth-order valence-corrected chi connectivity index (χ4v) is 2.36. The van der Waals surface area contributed by atoms with Gasteiger partial charge in [-0.2, -0.15) is 0 Å². The first-order chi connectivity index (χ1) is 9.33. The molecule has 3 heteroatoms. The Morgan fingerprint density at radius 2 is 1.53 bits per heavy atom. The maximum Gasteiger partial charge on any atom is 0.156 e. The third-order valence-corrected chi connectivity index (χ3v) is 3.32. The number of amidine groups is 1. The lowest BCUT2D eigenvalue weighted by molar-refractivity contribution is 0.759. The van der Waals surface area contributed by atoms with Crippen molar-refractivity contribution >= 4 is 22.6 Å². The van der Waals surface area contributed by atoms with Crippen molar-refractivity contribution in [3.05, 3.63) is 71.8 Å². The first-order valence-corrected chi connectivity index (χ1v) is 6.62. The van der Waals surface area contributed by atoms with Gasteiger partial charge in [0.05, 0.1) is 6.04 Å². The molecule has 0 aromatic heterocycles. The van der Waals surface area contributed by atoms with Crippen LogP contribution in [0.1, 0.15) is 23.6 Å². The Balaban J connectivity index is 1.98. The van der Waals surface area contributed by atoms with E-state index in [-0.39, 0.29) is 6.04 Å². The summed E-state index contributed by atoms with van der Waals surface area (Å²) in [6.45, 7) is 0. The van der Waals surface area contributed by atoms with Crippen LogP contribution in [0.25, 0.3) is 0 Å². The Labute approximate surface area is 117 Å². The molecule has 1 aliphatic rings. The maximum atomic E-state index is 6.18. The zero-order chi connectivity index (χ0) is 13.1.